The molecule has 2 unspecified atom stereocenters. The number of para-hydroxylation sites is 2. The quantitative estimate of drug-likeness (QED) is 0.122. The third kappa shape index (κ3) is 5.45. The summed E-state index contributed by atoms with van der Waals surface area (Å²) >= 11 is 12.9. The van der Waals surface area contributed by atoms with Gasteiger partial charge >= 0.3 is 0 Å². The monoisotopic (exact) mass is 600 g/mol. The van der Waals surface area contributed by atoms with Crippen LogP contribution in [0.1, 0.15) is 59.3 Å². The minimum Gasteiger partial charge on any atom is -0.390 e. The van der Waals surface area contributed by atoms with Gasteiger partial charge in [0, 0.05) is 35.3 Å². The lowest BCUT2D eigenvalue weighted by Gasteiger charge is -2.32. The van der Waals surface area contributed by atoms with Crippen molar-refractivity contribution < 1.29 is 4.79 Å². The van der Waals surface area contributed by atoms with Crippen LogP contribution < -0.4 is 11.1 Å². The Morgan fingerprint density at radius 2 is 1.93 bits per heavy atom. The zero-order valence-electron chi connectivity index (χ0n) is 23.0. The molecule has 42 heavy (non-hydrogen) atoms. The molecule has 9 nitrogen and oxygen atoms in total. The molecule has 1 aliphatic heterocycles. The molecule has 0 spiro atoms. The fraction of sp³-hybridized carbons (Fsp3) is 0.226. The smallest absolute Gasteiger partial charge is 0.255 e. The molecule has 1 amide bonds. The molecule has 0 radical (unpaired) electrons. The average Bonchev–Trinajstić information content (AvgIpc) is 3.62. The molecular formula is C31H30Cl2N8O. The number of aromatic nitrogens is 4. The molecule has 6 rings (SSSR count). The van der Waals surface area contributed by atoms with Gasteiger partial charge in [0.2, 0.25) is 0 Å². The maximum Gasteiger partial charge on any atom is 0.255 e. The van der Waals surface area contributed by atoms with Gasteiger partial charge in [-0.25, -0.2) is 15.0 Å². The van der Waals surface area contributed by atoms with Crippen molar-refractivity contribution in [3.63, 3.8) is 0 Å². The zero-order chi connectivity index (χ0) is 29.4. The van der Waals surface area contributed by atoms with Crippen LogP contribution in [0.2, 0.25) is 10.0 Å². The van der Waals surface area contributed by atoms with Crippen LogP contribution in [0.4, 0.5) is 5.69 Å². The second-order valence-corrected chi connectivity index (χ2v) is 11.3. The Kier molecular flexibility index (Phi) is 7.62. The van der Waals surface area contributed by atoms with Crippen LogP contribution in [0.5, 0.6) is 0 Å². The van der Waals surface area contributed by atoms with E-state index in [9.17, 15) is 4.79 Å². The van der Waals surface area contributed by atoms with E-state index in [1.165, 1.54) is 6.34 Å². The summed E-state index contributed by atoms with van der Waals surface area (Å²) < 4.78 is 0. The summed E-state index contributed by atoms with van der Waals surface area (Å²) in [5, 5.41) is 4.29. The Bertz CT molecular complexity index is 1810. The van der Waals surface area contributed by atoms with Gasteiger partial charge in [-0.05, 0) is 62.2 Å². The summed E-state index contributed by atoms with van der Waals surface area (Å²) in [6, 6.07) is 16.6. The highest BCUT2D eigenvalue weighted by atomic mass is 35.5. The lowest BCUT2D eigenvalue weighted by molar-refractivity contribution is 0.0705. The number of amides is 1. The van der Waals surface area contributed by atoms with E-state index in [1.807, 2.05) is 54.3 Å². The van der Waals surface area contributed by atoms with E-state index in [-0.39, 0.29) is 17.9 Å². The van der Waals surface area contributed by atoms with Gasteiger partial charge in [0.15, 0.2) is 0 Å². The maximum atomic E-state index is 13.7. The molecule has 2 aromatic heterocycles. The third-order valence-electron chi connectivity index (χ3n) is 7.62. The number of piperidine rings is 1. The number of fused-ring (bicyclic) bond motifs is 2. The molecule has 3 aromatic carbocycles. The number of carbonyl (C=O) groups is 1. The topological polar surface area (TPSA) is 128 Å². The molecule has 11 heteroatoms. The Morgan fingerprint density at radius 3 is 2.74 bits per heavy atom. The van der Waals surface area contributed by atoms with E-state index < -0.39 is 0 Å². The number of likely N-dealkylation sites (tertiary alicyclic amines) is 1. The summed E-state index contributed by atoms with van der Waals surface area (Å²) in [4.78, 5) is 36.1. The number of aromatic amines is 2. The Labute approximate surface area is 252 Å². The van der Waals surface area contributed by atoms with E-state index in [1.54, 1.807) is 12.1 Å². The third-order valence-corrected chi connectivity index (χ3v) is 8.17. The van der Waals surface area contributed by atoms with E-state index in [4.69, 9.17) is 33.9 Å². The van der Waals surface area contributed by atoms with Crippen LogP contribution in [0.25, 0.3) is 27.8 Å². The molecule has 0 bridgehead atoms. The molecule has 1 saturated heterocycles. The van der Waals surface area contributed by atoms with Crippen molar-refractivity contribution in [2.24, 2.45) is 10.7 Å². The number of hydrogen-bond acceptors (Lipinski definition) is 5. The Balaban J connectivity index is 1.22. The largest absolute Gasteiger partial charge is 0.390 e. The SMILES string of the molecule is C=C(NC(C)c1nc2cc(Cl)ccc2[nH]1)c1cc(Cl)c(C(=O)N2CCCC(c3nc4ccccc4[nH]3)C2)cc1/N=C\N. The van der Waals surface area contributed by atoms with Crippen molar-refractivity contribution >= 4 is 68.9 Å². The van der Waals surface area contributed by atoms with Crippen molar-refractivity contribution in [1.82, 2.24) is 30.2 Å². The molecule has 3 heterocycles. The van der Waals surface area contributed by atoms with Gasteiger partial charge in [-0.15, -0.1) is 0 Å². The Hall–Kier alpha value is -4.34. The maximum absolute atomic E-state index is 13.7. The number of rotatable bonds is 7. The first-order valence-electron chi connectivity index (χ1n) is 13.7. The van der Waals surface area contributed by atoms with E-state index >= 15 is 0 Å². The molecular weight excluding hydrogens is 571 g/mol. The minimum absolute atomic E-state index is 0.106. The number of nitrogens with two attached hydrogens (primary N) is 1. The predicted molar refractivity (Wildman–Crippen MR) is 169 cm³/mol. The summed E-state index contributed by atoms with van der Waals surface area (Å²) in [6.45, 7) is 7.36. The van der Waals surface area contributed by atoms with Crippen LogP contribution >= 0.6 is 23.2 Å². The van der Waals surface area contributed by atoms with Crippen molar-refractivity contribution in [1.29, 1.82) is 0 Å². The van der Waals surface area contributed by atoms with Gasteiger partial charge in [-0.3, -0.25) is 4.79 Å². The molecule has 5 aromatic rings. The van der Waals surface area contributed by atoms with Gasteiger partial charge < -0.3 is 25.9 Å². The number of nitrogens with zero attached hydrogens (tertiary/aromatic N) is 4. The van der Waals surface area contributed by atoms with Crippen LogP contribution in [0.15, 0.2) is 66.2 Å². The van der Waals surface area contributed by atoms with Crippen LogP contribution in [-0.4, -0.2) is 50.2 Å². The predicted octanol–water partition coefficient (Wildman–Crippen LogP) is 6.71. The Morgan fingerprint density at radius 1 is 1.12 bits per heavy atom. The van der Waals surface area contributed by atoms with E-state index in [0.717, 1.165) is 46.6 Å². The summed E-state index contributed by atoms with van der Waals surface area (Å²) in [6.07, 6.45) is 3.00. The van der Waals surface area contributed by atoms with Gasteiger partial charge in [-0.2, -0.15) is 0 Å². The highest BCUT2D eigenvalue weighted by Gasteiger charge is 2.29. The number of halogens is 2. The van der Waals surface area contributed by atoms with E-state index in [0.29, 0.717) is 45.6 Å². The van der Waals surface area contributed by atoms with Gasteiger partial charge in [0.25, 0.3) is 5.91 Å². The van der Waals surface area contributed by atoms with E-state index in [2.05, 4.69) is 31.8 Å². The lowest BCUT2D eigenvalue weighted by Crippen LogP contribution is -2.39. The second-order valence-electron chi connectivity index (χ2n) is 10.5. The number of carbonyl (C=O) groups excluding carboxylic acids is 1. The van der Waals surface area contributed by atoms with Gasteiger partial charge in [0.05, 0.1) is 50.7 Å². The molecule has 2 atom stereocenters. The normalized spacial score (nSPS) is 16.4. The van der Waals surface area contributed by atoms with Crippen molar-refractivity contribution in [3.8, 4) is 0 Å². The first-order valence-corrected chi connectivity index (χ1v) is 14.5. The molecule has 0 saturated carbocycles. The second kappa shape index (κ2) is 11.5. The van der Waals surface area contributed by atoms with Gasteiger partial charge in [-0.1, -0.05) is 41.9 Å². The van der Waals surface area contributed by atoms with Crippen molar-refractivity contribution in [3.05, 3.63) is 94.0 Å². The summed E-state index contributed by atoms with van der Waals surface area (Å²) in [5.74, 6) is 1.56. The number of aliphatic imine (C=N–C) groups is 1. The van der Waals surface area contributed by atoms with Gasteiger partial charge in [0.1, 0.15) is 11.6 Å². The fourth-order valence-corrected chi connectivity index (χ4v) is 5.90. The van der Waals surface area contributed by atoms with Crippen LogP contribution in [-0.2, 0) is 0 Å². The first-order chi connectivity index (χ1) is 20.3. The number of H-pyrrole nitrogens is 2. The number of imidazole rings is 2. The first kappa shape index (κ1) is 27.8. The van der Waals surface area contributed by atoms with Crippen LogP contribution in [0, 0.1) is 0 Å². The minimum atomic E-state index is -0.220. The molecule has 5 N–H and O–H groups in total. The van der Waals surface area contributed by atoms with Crippen molar-refractivity contribution in [2.75, 3.05) is 13.1 Å². The fourth-order valence-electron chi connectivity index (χ4n) is 5.49. The molecule has 1 aliphatic rings. The highest BCUT2D eigenvalue weighted by Crippen LogP contribution is 2.34. The molecule has 214 valence electrons. The molecule has 0 aliphatic carbocycles. The molecule has 1 fully saturated rings. The van der Waals surface area contributed by atoms with Crippen molar-refractivity contribution in [2.45, 2.75) is 31.7 Å². The average molecular weight is 602 g/mol. The summed E-state index contributed by atoms with van der Waals surface area (Å²) in [7, 11) is 0. The number of benzene rings is 3. The van der Waals surface area contributed by atoms with Crippen LogP contribution in [0.3, 0.4) is 0 Å². The number of nitrogens with one attached hydrogen (secondary N) is 3. The number of hydrogen-bond donors (Lipinski definition) is 4. The standard InChI is InChI=1S/C31H30Cl2N8O/c1-17(36-18(2)29-37-26-10-9-20(32)12-28(26)40-29)21-13-23(33)22(14-27(21)35-16-34)31(42)41-11-5-6-19(15-41)30-38-24-7-3-4-8-25(24)39-30/h3-4,7-10,12-14,16,18-19,36H,1,5-6,11,15H2,2H3,(H2,34,35)(H,37,40)(H,38,39). The zero-order valence-corrected chi connectivity index (χ0v) is 24.5. The summed E-state index contributed by atoms with van der Waals surface area (Å²) in [5.41, 5.74) is 11.3. The highest BCUT2D eigenvalue weighted by molar-refractivity contribution is 6.34. The lowest BCUT2D eigenvalue weighted by atomic mass is 9.96.